The quantitative estimate of drug-likeness (QED) is 0.629. The van der Waals surface area contributed by atoms with Gasteiger partial charge in [-0.1, -0.05) is 44.2 Å². The highest BCUT2D eigenvalue weighted by atomic mass is 16.4. The van der Waals surface area contributed by atoms with Crippen LogP contribution in [0.25, 0.3) is 11.2 Å². The number of anilines is 1. The largest absolute Gasteiger partial charge is 0.480 e. The predicted molar refractivity (Wildman–Crippen MR) is 93.6 cm³/mol. The lowest BCUT2D eigenvalue weighted by molar-refractivity contribution is -0.138. The number of carboxylic acid groups (broad SMARTS) is 1. The van der Waals surface area contributed by atoms with Gasteiger partial charge in [0.15, 0.2) is 11.2 Å². The zero-order valence-electron chi connectivity index (χ0n) is 13.9. The summed E-state index contributed by atoms with van der Waals surface area (Å²) in [6.07, 6.45) is 1.56. The number of aromatic amines is 1. The van der Waals surface area contributed by atoms with E-state index in [1.807, 2.05) is 30.3 Å². The fraction of sp³-hybridized carbons (Fsp3) is 0.294. The van der Waals surface area contributed by atoms with Crippen LogP contribution >= 0.6 is 0 Å². The van der Waals surface area contributed by atoms with E-state index in [0.717, 1.165) is 5.56 Å². The summed E-state index contributed by atoms with van der Waals surface area (Å²) in [6, 6.07) is 8.85. The fourth-order valence-corrected chi connectivity index (χ4v) is 2.62. The predicted octanol–water partition coefficient (Wildman–Crippen LogP) is 1.69. The van der Waals surface area contributed by atoms with Crippen LogP contribution in [0.1, 0.15) is 19.4 Å². The average molecular weight is 341 g/mol. The smallest absolute Gasteiger partial charge is 0.326 e. The minimum Gasteiger partial charge on any atom is -0.480 e. The van der Waals surface area contributed by atoms with Gasteiger partial charge in [0.2, 0.25) is 5.95 Å². The summed E-state index contributed by atoms with van der Waals surface area (Å²) in [6.45, 7) is 4.05. The van der Waals surface area contributed by atoms with Crippen LogP contribution < -0.4 is 10.9 Å². The molecular formula is C17H19N5O3. The molecule has 8 heteroatoms. The minimum absolute atomic E-state index is 0.101. The molecular weight excluding hydrogens is 322 g/mol. The van der Waals surface area contributed by atoms with E-state index in [1.165, 1.54) is 0 Å². The van der Waals surface area contributed by atoms with Crippen LogP contribution in [-0.4, -0.2) is 36.6 Å². The third-order valence-corrected chi connectivity index (χ3v) is 3.90. The van der Waals surface area contributed by atoms with Crippen molar-refractivity contribution in [1.82, 2.24) is 19.5 Å². The number of carbonyl (C=O) groups is 1. The highest BCUT2D eigenvalue weighted by Gasteiger charge is 2.22. The zero-order chi connectivity index (χ0) is 18.0. The van der Waals surface area contributed by atoms with Crippen LogP contribution in [0.5, 0.6) is 0 Å². The number of carboxylic acids is 1. The summed E-state index contributed by atoms with van der Waals surface area (Å²) in [5.41, 5.74) is 1.30. The third-order valence-electron chi connectivity index (χ3n) is 3.90. The molecule has 0 saturated carbocycles. The molecule has 2 aromatic heterocycles. The van der Waals surface area contributed by atoms with Gasteiger partial charge in [0.25, 0.3) is 5.56 Å². The second-order valence-corrected chi connectivity index (χ2v) is 6.15. The summed E-state index contributed by atoms with van der Waals surface area (Å²) in [4.78, 5) is 34.8. The lowest BCUT2D eigenvalue weighted by atomic mass is 10.1. The van der Waals surface area contributed by atoms with Gasteiger partial charge in [0, 0.05) is 6.54 Å². The standard InChI is InChI=1S/C17H19N5O3/c1-10(2)12(16(24)25)19-17-20-14-13(15(23)21-17)22(9-18-14)8-11-6-4-3-5-7-11/h3-7,9-10,12H,8H2,1-2H3,(H,24,25)(H2,19,20,21,23)/t12-/m1/s1. The normalized spacial score (nSPS) is 12.4. The Kier molecular flexibility index (Phi) is 4.51. The van der Waals surface area contributed by atoms with Gasteiger partial charge in [-0.2, -0.15) is 4.98 Å². The first-order valence-corrected chi connectivity index (χ1v) is 7.94. The second kappa shape index (κ2) is 6.76. The molecule has 0 bridgehead atoms. The minimum atomic E-state index is -1.01. The van der Waals surface area contributed by atoms with Crippen molar-refractivity contribution in [2.75, 3.05) is 5.32 Å². The van der Waals surface area contributed by atoms with Gasteiger partial charge in [-0.05, 0) is 11.5 Å². The Morgan fingerprint density at radius 2 is 2.04 bits per heavy atom. The Morgan fingerprint density at radius 3 is 2.68 bits per heavy atom. The number of rotatable bonds is 6. The van der Waals surface area contributed by atoms with E-state index in [1.54, 1.807) is 24.7 Å². The molecule has 3 rings (SSSR count). The molecule has 8 nitrogen and oxygen atoms in total. The number of aromatic nitrogens is 4. The van der Waals surface area contributed by atoms with Crippen molar-refractivity contribution in [3.63, 3.8) is 0 Å². The van der Waals surface area contributed by atoms with Crippen LogP contribution in [0.15, 0.2) is 41.5 Å². The summed E-state index contributed by atoms with van der Waals surface area (Å²) in [5.74, 6) is -1.08. The number of hydrogen-bond acceptors (Lipinski definition) is 5. The number of aliphatic carboxylic acids is 1. The summed E-state index contributed by atoms with van der Waals surface area (Å²) < 4.78 is 1.72. The van der Waals surface area contributed by atoms with Crippen LogP contribution in [0.4, 0.5) is 5.95 Å². The number of nitrogens with one attached hydrogen (secondary N) is 2. The first-order valence-electron chi connectivity index (χ1n) is 7.94. The van der Waals surface area contributed by atoms with Gasteiger partial charge in [-0.15, -0.1) is 0 Å². The molecule has 0 aliphatic rings. The van der Waals surface area contributed by atoms with Crippen molar-refractivity contribution in [3.05, 3.63) is 52.6 Å². The van der Waals surface area contributed by atoms with Crippen LogP contribution in [0.2, 0.25) is 0 Å². The maximum Gasteiger partial charge on any atom is 0.326 e. The molecule has 0 amide bonds. The van der Waals surface area contributed by atoms with E-state index in [-0.39, 0.29) is 23.1 Å². The van der Waals surface area contributed by atoms with Crippen molar-refractivity contribution < 1.29 is 9.90 Å². The molecule has 0 fully saturated rings. The molecule has 130 valence electrons. The molecule has 0 radical (unpaired) electrons. The van der Waals surface area contributed by atoms with Gasteiger partial charge >= 0.3 is 5.97 Å². The Morgan fingerprint density at radius 1 is 1.32 bits per heavy atom. The van der Waals surface area contributed by atoms with E-state index in [9.17, 15) is 14.7 Å². The molecule has 1 aromatic carbocycles. The second-order valence-electron chi connectivity index (χ2n) is 6.15. The van der Waals surface area contributed by atoms with Crippen LogP contribution in [-0.2, 0) is 11.3 Å². The SMILES string of the molecule is CC(C)[C@@H](Nc1nc2ncn(Cc3ccccc3)c2c(=O)[nH]1)C(=O)O. The highest BCUT2D eigenvalue weighted by molar-refractivity contribution is 5.77. The summed E-state index contributed by atoms with van der Waals surface area (Å²) in [5, 5.41) is 12.0. The van der Waals surface area contributed by atoms with Crippen LogP contribution in [0, 0.1) is 5.92 Å². The average Bonchev–Trinajstić information content (AvgIpc) is 2.96. The number of H-pyrrole nitrogens is 1. The Bertz CT molecular complexity index is 946. The van der Waals surface area contributed by atoms with Gasteiger partial charge in [0.1, 0.15) is 6.04 Å². The number of imidazole rings is 1. The fourth-order valence-electron chi connectivity index (χ4n) is 2.62. The number of fused-ring (bicyclic) bond motifs is 1. The maximum absolute atomic E-state index is 12.4. The first-order chi connectivity index (χ1) is 12.0. The number of nitrogens with zero attached hydrogens (tertiary/aromatic N) is 3. The number of benzene rings is 1. The van der Waals surface area contributed by atoms with Gasteiger partial charge < -0.3 is 15.0 Å². The van der Waals surface area contributed by atoms with Gasteiger partial charge in [-0.3, -0.25) is 9.78 Å². The molecule has 0 aliphatic carbocycles. The van der Waals surface area contributed by atoms with Crippen LogP contribution in [0.3, 0.4) is 0 Å². The number of hydrogen-bond donors (Lipinski definition) is 3. The van der Waals surface area contributed by atoms with Crippen molar-refractivity contribution in [2.24, 2.45) is 5.92 Å². The highest BCUT2D eigenvalue weighted by Crippen LogP contribution is 2.13. The molecule has 1 atom stereocenters. The molecule has 0 saturated heterocycles. The Balaban J connectivity index is 1.94. The molecule has 0 spiro atoms. The summed E-state index contributed by atoms with van der Waals surface area (Å²) >= 11 is 0. The topological polar surface area (TPSA) is 113 Å². The maximum atomic E-state index is 12.4. The van der Waals surface area contributed by atoms with E-state index >= 15 is 0 Å². The summed E-state index contributed by atoms with van der Waals surface area (Å²) in [7, 11) is 0. The van der Waals surface area contributed by atoms with Crippen molar-refractivity contribution in [3.8, 4) is 0 Å². The van der Waals surface area contributed by atoms with Gasteiger partial charge in [-0.25, -0.2) is 9.78 Å². The lowest BCUT2D eigenvalue weighted by Crippen LogP contribution is -2.35. The van der Waals surface area contributed by atoms with E-state index in [2.05, 4.69) is 20.3 Å². The molecule has 25 heavy (non-hydrogen) atoms. The third kappa shape index (κ3) is 3.52. The van der Waals surface area contributed by atoms with Crippen molar-refractivity contribution in [2.45, 2.75) is 26.4 Å². The molecule has 3 N–H and O–H groups in total. The van der Waals surface area contributed by atoms with Crippen molar-refractivity contribution in [1.29, 1.82) is 0 Å². The Hall–Kier alpha value is -3.16. The first kappa shape index (κ1) is 16.7. The Labute approximate surface area is 143 Å². The van der Waals surface area contributed by atoms with E-state index in [4.69, 9.17) is 0 Å². The lowest BCUT2D eigenvalue weighted by Gasteiger charge is -2.17. The zero-order valence-corrected chi connectivity index (χ0v) is 13.9. The molecule has 3 aromatic rings. The van der Waals surface area contributed by atoms with E-state index in [0.29, 0.717) is 12.1 Å². The van der Waals surface area contributed by atoms with Gasteiger partial charge in [0.05, 0.1) is 6.33 Å². The monoisotopic (exact) mass is 341 g/mol. The molecule has 0 unspecified atom stereocenters. The molecule has 2 heterocycles. The van der Waals surface area contributed by atoms with E-state index < -0.39 is 12.0 Å². The molecule has 0 aliphatic heterocycles. The van der Waals surface area contributed by atoms with Crippen molar-refractivity contribution >= 4 is 23.1 Å².